The molecule has 0 heterocycles. The van der Waals surface area contributed by atoms with Crippen molar-refractivity contribution in [2.24, 2.45) is 0 Å². The molecule has 1 unspecified atom stereocenters. The van der Waals surface area contributed by atoms with Gasteiger partial charge >= 0.3 is 5.69 Å². The van der Waals surface area contributed by atoms with E-state index in [0.29, 0.717) is 0 Å². The predicted molar refractivity (Wildman–Crippen MR) is 96.0 cm³/mol. The minimum Gasteiger partial charge on any atom is -0.398 e. The van der Waals surface area contributed by atoms with Gasteiger partial charge in [0.05, 0.1) is 21.1 Å². The molecule has 11 nitrogen and oxygen atoms in total. The van der Waals surface area contributed by atoms with Crippen molar-refractivity contribution >= 4 is 37.0 Å². The third kappa shape index (κ3) is 3.71. The molecule has 0 radical (unpaired) electrons. The number of nitro groups is 1. The average Bonchev–Trinajstić information content (AvgIpc) is 2.52. The Kier molecular flexibility index (Phi) is 5.16. The molecular weight excluding hydrogens is 402 g/mol. The fourth-order valence-electron chi connectivity index (χ4n) is 2.40. The van der Waals surface area contributed by atoms with Gasteiger partial charge in [0.2, 0.25) is 9.84 Å². The molecule has 0 spiro atoms. The molecule has 0 bridgehead atoms. The number of anilines is 2. The van der Waals surface area contributed by atoms with Gasteiger partial charge in [-0.25, -0.2) is 8.42 Å². The molecule has 6 N–H and O–H groups in total. The van der Waals surface area contributed by atoms with E-state index in [2.05, 4.69) is 0 Å². The maximum absolute atomic E-state index is 12.1. The van der Waals surface area contributed by atoms with Gasteiger partial charge in [0.25, 0.3) is 10.1 Å². The molecule has 0 saturated heterocycles. The third-order valence-corrected chi connectivity index (χ3v) is 6.51. The zero-order valence-electron chi connectivity index (χ0n) is 13.7. The predicted octanol–water partition coefficient (Wildman–Crippen LogP) is 0.785. The second kappa shape index (κ2) is 6.77. The van der Waals surface area contributed by atoms with E-state index >= 15 is 0 Å². The lowest BCUT2D eigenvalue weighted by molar-refractivity contribution is -0.383. The Morgan fingerprint density at radius 1 is 1.07 bits per heavy atom. The van der Waals surface area contributed by atoms with Gasteiger partial charge in [-0.1, -0.05) is 6.07 Å². The van der Waals surface area contributed by atoms with Crippen LogP contribution in [0.2, 0.25) is 0 Å². The summed E-state index contributed by atoms with van der Waals surface area (Å²) in [5, 5.41) is 20.9. The van der Waals surface area contributed by atoms with Crippen LogP contribution in [0.4, 0.5) is 17.1 Å². The van der Waals surface area contributed by atoms with Crippen molar-refractivity contribution in [3.8, 4) is 11.1 Å². The highest BCUT2D eigenvalue weighted by molar-refractivity contribution is 7.92. The number of nitrogens with zero attached hydrogens (tertiary/aromatic N) is 1. The standard InChI is InChI=1S/C14H15N3O8S2/c1-7(18)26(21,22)12-5-3-9(14(13(12)16)17(19)20)8-2-4-11(10(15)6-8)27(23,24)25/h2-7,18H,15-16H2,1H3,(H,23,24,25). The molecule has 1 atom stereocenters. The van der Waals surface area contributed by atoms with Crippen molar-refractivity contribution < 1.29 is 31.4 Å². The van der Waals surface area contributed by atoms with Gasteiger partial charge < -0.3 is 16.6 Å². The highest BCUT2D eigenvalue weighted by Gasteiger charge is 2.31. The van der Waals surface area contributed by atoms with E-state index in [1.165, 1.54) is 0 Å². The lowest BCUT2D eigenvalue weighted by atomic mass is 10.0. The summed E-state index contributed by atoms with van der Waals surface area (Å²) in [7, 11) is -8.90. The Bertz CT molecular complexity index is 1140. The molecule has 0 aromatic heterocycles. The number of sulfone groups is 1. The summed E-state index contributed by atoms with van der Waals surface area (Å²) in [5.41, 5.74) is 7.55. The van der Waals surface area contributed by atoms with E-state index < -0.39 is 51.5 Å². The van der Waals surface area contributed by atoms with Crippen LogP contribution in [0.1, 0.15) is 6.92 Å². The van der Waals surface area contributed by atoms with Crippen LogP contribution in [0.3, 0.4) is 0 Å². The summed E-state index contributed by atoms with van der Waals surface area (Å²) in [4.78, 5) is 9.37. The van der Waals surface area contributed by atoms with E-state index in [1.54, 1.807) is 0 Å². The summed E-state index contributed by atoms with van der Waals surface area (Å²) in [6.45, 7) is 0.975. The van der Waals surface area contributed by atoms with Gasteiger partial charge in [0.15, 0.2) is 5.44 Å². The van der Waals surface area contributed by atoms with E-state index in [-0.39, 0.29) is 16.8 Å². The van der Waals surface area contributed by atoms with Crippen molar-refractivity contribution in [2.75, 3.05) is 11.5 Å². The number of nitrogens with two attached hydrogens (primary N) is 2. The zero-order chi connectivity index (χ0) is 20.7. The fourth-order valence-corrected chi connectivity index (χ4v) is 4.03. The van der Waals surface area contributed by atoms with Crippen LogP contribution in [0.15, 0.2) is 40.1 Å². The van der Waals surface area contributed by atoms with E-state index in [9.17, 15) is 32.1 Å². The van der Waals surface area contributed by atoms with Crippen LogP contribution in [-0.2, 0) is 20.0 Å². The van der Waals surface area contributed by atoms with E-state index in [4.69, 9.17) is 16.0 Å². The monoisotopic (exact) mass is 417 g/mol. The van der Waals surface area contributed by atoms with Crippen LogP contribution in [0.25, 0.3) is 11.1 Å². The maximum atomic E-state index is 12.1. The van der Waals surface area contributed by atoms with Crippen molar-refractivity contribution in [1.82, 2.24) is 0 Å². The SMILES string of the molecule is CC(O)S(=O)(=O)c1ccc(-c2ccc(S(=O)(=O)O)c(N)c2)c([N+](=O)[O-])c1N. The van der Waals surface area contributed by atoms with Crippen LogP contribution < -0.4 is 11.5 Å². The van der Waals surface area contributed by atoms with Crippen LogP contribution in [0.5, 0.6) is 0 Å². The minimum atomic E-state index is -4.59. The molecule has 0 saturated carbocycles. The molecule has 2 aromatic rings. The normalized spacial score (nSPS) is 13.3. The summed E-state index contributed by atoms with van der Waals surface area (Å²) in [6, 6.07) is 5.23. The Morgan fingerprint density at radius 2 is 1.63 bits per heavy atom. The second-order valence-electron chi connectivity index (χ2n) is 5.50. The first kappa shape index (κ1) is 20.6. The average molecular weight is 417 g/mol. The van der Waals surface area contributed by atoms with Crippen LogP contribution in [0, 0.1) is 10.1 Å². The zero-order valence-corrected chi connectivity index (χ0v) is 15.4. The molecule has 0 aliphatic rings. The topological polar surface area (TPSA) is 204 Å². The van der Waals surface area contributed by atoms with Crippen molar-refractivity contribution in [3.63, 3.8) is 0 Å². The fraction of sp³-hybridized carbons (Fsp3) is 0.143. The van der Waals surface area contributed by atoms with Gasteiger partial charge in [-0.3, -0.25) is 14.7 Å². The second-order valence-corrected chi connectivity index (χ2v) is 9.10. The molecule has 0 fully saturated rings. The first-order valence-corrected chi connectivity index (χ1v) is 10.1. The number of aliphatic hydroxyl groups is 1. The highest BCUT2D eigenvalue weighted by atomic mass is 32.2. The van der Waals surface area contributed by atoms with E-state index in [0.717, 1.165) is 37.3 Å². The molecule has 2 rings (SSSR count). The van der Waals surface area contributed by atoms with Gasteiger partial charge in [0, 0.05) is 0 Å². The number of nitro benzene ring substituents is 1. The molecule has 146 valence electrons. The first-order valence-electron chi connectivity index (χ1n) is 7.14. The first-order chi connectivity index (χ1) is 12.3. The van der Waals surface area contributed by atoms with Crippen LogP contribution in [-0.4, -0.2) is 36.9 Å². The van der Waals surface area contributed by atoms with Gasteiger partial charge in [-0.2, -0.15) is 8.42 Å². The molecular formula is C14H15N3O8S2. The van der Waals surface area contributed by atoms with Crippen LogP contribution >= 0.6 is 0 Å². The number of benzene rings is 2. The number of rotatable bonds is 5. The van der Waals surface area contributed by atoms with E-state index in [1.807, 2.05) is 0 Å². The summed E-state index contributed by atoms with van der Waals surface area (Å²) in [6.07, 6.45) is 0. The highest BCUT2D eigenvalue weighted by Crippen LogP contribution is 2.40. The Morgan fingerprint density at radius 3 is 2.07 bits per heavy atom. The quantitative estimate of drug-likeness (QED) is 0.233. The molecule has 0 amide bonds. The summed E-state index contributed by atoms with van der Waals surface area (Å²) < 4.78 is 55.7. The van der Waals surface area contributed by atoms with Crippen molar-refractivity contribution in [2.45, 2.75) is 22.2 Å². The molecule has 0 aliphatic heterocycles. The van der Waals surface area contributed by atoms with Gasteiger partial charge in [0.1, 0.15) is 10.6 Å². The number of aliphatic hydroxyl groups excluding tert-OH is 1. The Hall–Kier alpha value is -2.74. The largest absolute Gasteiger partial charge is 0.398 e. The number of nitrogen functional groups attached to an aromatic ring is 2. The number of hydrogen-bond acceptors (Lipinski definition) is 9. The molecule has 13 heteroatoms. The maximum Gasteiger partial charge on any atom is 0.301 e. The lowest BCUT2D eigenvalue weighted by Crippen LogP contribution is -2.19. The Labute approximate surface area is 154 Å². The number of hydrogen-bond donors (Lipinski definition) is 4. The van der Waals surface area contributed by atoms with Gasteiger partial charge in [-0.05, 0) is 36.8 Å². The van der Waals surface area contributed by atoms with Gasteiger partial charge in [-0.15, -0.1) is 0 Å². The summed E-state index contributed by atoms with van der Waals surface area (Å²) in [5.74, 6) is 0. The summed E-state index contributed by atoms with van der Waals surface area (Å²) >= 11 is 0. The minimum absolute atomic E-state index is 0.0688. The smallest absolute Gasteiger partial charge is 0.301 e. The molecule has 27 heavy (non-hydrogen) atoms. The van der Waals surface area contributed by atoms with Crippen molar-refractivity contribution in [1.29, 1.82) is 0 Å². The molecule has 0 aliphatic carbocycles. The van der Waals surface area contributed by atoms with Crippen molar-refractivity contribution in [3.05, 3.63) is 40.4 Å². The molecule has 2 aromatic carbocycles. The lowest BCUT2D eigenvalue weighted by Gasteiger charge is -2.13. The third-order valence-electron chi connectivity index (χ3n) is 3.71. The Balaban J connectivity index is 2.78.